The van der Waals surface area contributed by atoms with Gasteiger partial charge in [-0.1, -0.05) is 23.7 Å². The number of ether oxygens (including phenoxy) is 2. The van der Waals surface area contributed by atoms with Crippen LogP contribution in [-0.4, -0.2) is 40.2 Å². The summed E-state index contributed by atoms with van der Waals surface area (Å²) in [7, 11) is 3.04. The average Bonchev–Trinajstić information content (AvgIpc) is 3.09. The van der Waals surface area contributed by atoms with E-state index in [-0.39, 0.29) is 12.3 Å². The maximum atomic E-state index is 12.5. The fraction of sp³-hybridized carbons (Fsp3) is 0.176. The zero-order valence-electron chi connectivity index (χ0n) is 13.6. The van der Waals surface area contributed by atoms with Crippen LogP contribution in [0.5, 0.6) is 11.5 Å². The molecule has 0 aliphatic rings. The maximum absolute atomic E-state index is 12.5. The third-order valence-electron chi connectivity index (χ3n) is 3.56. The van der Waals surface area contributed by atoms with Crippen molar-refractivity contribution in [2.45, 2.75) is 6.54 Å². The Morgan fingerprint density at radius 3 is 2.68 bits per heavy atom. The molecule has 8 heteroatoms. The van der Waals surface area contributed by atoms with Gasteiger partial charge in [-0.2, -0.15) is 4.80 Å². The lowest BCUT2D eigenvalue weighted by atomic mass is 10.1. The Morgan fingerprint density at radius 2 is 1.96 bits per heavy atom. The Morgan fingerprint density at radius 1 is 1.16 bits per heavy atom. The summed E-state index contributed by atoms with van der Waals surface area (Å²) >= 11 is 6.13. The van der Waals surface area contributed by atoms with Gasteiger partial charge in [0.05, 0.1) is 24.8 Å². The standard InChI is InChI=1S/C17H15ClN4O3/c1-24-11-7-8-13(16(9-11)25-2)15(23)10-22-20-17(19-21-22)12-5-3-4-6-14(12)18/h3-9H,10H2,1-2H3. The van der Waals surface area contributed by atoms with E-state index in [4.69, 9.17) is 21.1 Å². The monoisotopic (exact) mass is 358 g/mol. The van der Waals surface area contributed by atoms with Crippen molar-refractivity contribution in [3.8, 4) is 22.9 Å². The molecule has 0 fully saturated rings. The predicted molar refractivity (Wildman–Crippen MR) is 92.1 cm³/mol. The van der Waals surface area contributed by atoms with E-state index in [1.807, 2.05) is 12.1 Å². The fourth-order valence-electron chi connectivity index (χ4n) is 2.30. The van der Waals surface area contributed by atoms with Gasteiger partial charge in [-0.05, 0) is 29.5 Å². The van der Waals surface area contributed by atoms with Gasteiger partial charge in [0.1, 0.15) is 18.0 Å². The highest BCUT2D eigenvalue weighted by Crippen LogP contribution is 2.26. The molecular formula is C17H15ClN4O3. The van der Waals surface area contributed by atoms with Gasteiger partial charge in [-0.15, -0.1) is 10.2 Å². The molecule has 2 aromatic carbocycles. The molecule has 1 aromatic heterocycles. The van der Waals surface area contributed by atoms with Gasteiger partial charge < -0.3 is 9.47 Å². The molecule has 0 saturated heterocycles. The van der Waals surface area contributed by atoms with E-state index in [9.17, 15) is 4.79 Å². The molecule has 128 valence electrons. The SMILES string of the molecule is COc1ccc(C(=O)Cn2nnc(-c3ccccc3Cl)n2)c(OC)c1. The zero-order chi connectivity index (χ0) is 17.8. The molecular weight excluding hydrogens is 344 g/mol. The number of Topliss-reactive ketones (excluding diaryl/α,β-unsaturated/α-hetero) is 1. The first-order valence-corrected chi connectivity index (χ1v) is 7.78. The molecule has 0 amide bonds. The van der Waals surface area contributed by atoms with Crippen LogP contribution in [0.3, 0.4) is 0 Å². The lowest BCUT2D eigenvalue weighted by molar-refractivity contribution is 0.0958. The van der Waals surface area contributed by atoms with Gasteiger partial charge in [0, 0.05) is 11.6 Å². The summed E-state index contributed by atoms with van der Waals surface area (Å²) in [6.07, 6.45) is 0. The number of carbonyl (C=O) groups excluding carboxylic acids is 1. The minimum absolute atomic E-state index is 0.0693. The smallest absolute Gasteiger partial charge is 0.206 e. The van der Waals surface area contributed by atoms with Gasteiger partial charge in [-0.3, -0.25) is 4.79 Å². The third kappa shape index (κ3) is 3.61. The molecule has 0 bridgehead atoms. The van der Waals surface area contributed by atoms with Gasteiger partial charge in [0.25, 0.3) is 0 Å². The number of ketones is 1. The number of tetrazole rings is 1. The van der Waals surface area contributed by atoms with Crippen LogP contribution in [0.4, 0.5) is 0 Å². The number of nitrogens with zero attached hydrogens (tertiary/aromatic N) is 4. The van der Waals surface area contributed by atoms with Crippen molar-refractivity contribution in [2.24, 2.45) is 0 Å². The predicted octanol–water partition coefficient (Wildman–Crippen LogP) is 2.89. The minimum atomic E-state index is -0.206. The van der Waals surface area contributed by atoms with Crippen LogP contribution in [0.25, 0.3) is 11.4 Å². The molecule has 25 heavy (non-hydrogen) atoms. The summed E-state index contributed by atoms with van der Waals surface area (Å²) in [5.74, 6) is 1.19. The van der Waals surface area contributed by atoms with E-state index >= 15 is 0 Å². The van der Waals surface area contributed by atoms with Gasteiger partial charge in [-0.25, -0.2) is 0 Å². The Bertz CT molecular complexity index is 910. The number of hydrogen-bond donors (Lipinski definition) is 0. The molecule has 3 aromatic rings. The summed E-state index contributed by atoms with van der Waals surface area (Å²) < 4.78 is 10.4. The molecule has 0 unspecified atom stereocenters. The van der Waals surface area contributed by atoms with Crippen molar-refractivity contribution in [2.75, 3.05) is 14.2 Å². The van der Waals surface area contributed by atoms with Crippen LogP contribution in [0.2, 0.25) is 5.02 Å². The van der Waals surface area contributed by atoms with Crippen molar-refractivity contribution < 1.29 is 14.3 Å². The van der Waals surface area contributed by atoms with Crippen molar-refractivity contribution in [3.05, 3.63) is 53.1 Å². The quantitative estimate of drug-likeness (QED) is 0.630. The van der Waals surface area contributed by atoms with E-state index in [2.05, 4.69) is 15.4 Å². The van der Waals surface area contributed by atoms with Crippen LogP contribution in [0.1, 0.15) is 10.4 Å². The third-order valence-corrected chi connectivity index (χ3v) is 3.89. The Kier molecular flexibility index (Phi) is 4.95. The van der Waals surface area contributed by atoms with E-state index in [0.717, 1.165) is 0 Å². The van der Waals surface area contributed by atoms with E-state index in [1.54, 1.807) is 37.4 Å². The van der Waals surface area contributed by atoms with Crippen molar-refractivity contribution in [3.63, 3.8) is 0 Å². The average molecular weight is 359 g/mol. The molecule has 0 N–H and O–H groups in total. The second-order valence-electron chi connectivity index (χ2n) is 5.11. The number of rotatable bonds is 6. The fourth-order valence-corrected chi connectivity index (χ4v) is 2.52. The molecule has 7 nitrogen and oxygen atoms in total. The molecule has 0 atom stereocenters. The van der Waals surface area contributed by atoms with Crippen molar-refractivity contribution in [1.29, 1.82) is 0 Å². The topological polar surface area (TPSA) is 79.1 Å². The minimum Gasteiger partial charge on any atom is -0.497 e. The first-order valence-electron chi connectivity index (χ1n) is 7.40. The number of carbonyl (C=O) groups is 1. The summed E-state index contributed by atoms with van der Waals surface area (Å²) in [6, 6.07) is 12.2. The highest BCUT2D eigenvalue weighted by Gasteiger charge is 2.16. The molecule has 1 heterocycles. The van der Waals surface area contributed by atoms with Gasteiger partial charge in [0.2, 0.25) is 5.82 Å². The maximum Gasteiger partial charge on any atom is 0.206 e. The first kappa shape index (κ1) is 16.9. The lowest BCUT2D eigenvalue weighted by Crippen LogP contribution is -2.14. The molecule has 0 saturated carbocycles. The van der Waals surface area contributed by atoms with Crippen LogP contribution in [-0.2, 0) is 6.54 Å². The second kappa shape index (κ2) is 7.31. The van der Waals surface area contributed by atoms with Crippen LogP contribution < -0.4 is 9.47 Å². The van der Waals surface area contributed by atoms with Crippen LogP contribution in [0, 0.1) is 0 Å². The molecule has 0 spiro atoms. The molecule has 0 radical (unpaired) electrons. The summed E-state index contributed by atoms with van der Waals surface area (Å²) in [5, 5.41) is 12.6. The number of aromatic nitrogens is 4. The highest BCUT2D eigenvalue weighted by molar-refractivity contribution is 6.33. The van der Waals surface area contributed by atoms with Crippen molar-refractivity contribution in [1.82, 2.24) is 20.2 Å². The Hall–Kier alpha value is -2.93. The van der Waals surface area contributed by atoms with Gasteiger partial charge in [0.15, 0.2) is 5.78 Å². The van der Waals surface area contributed by atoms with E-state index < -0.39 is 0 Å². The normalized spacial score (nSPS) is 10.5. The van der Waals surface area contributed by atoms with Crippen molar-refractivity contribution >= 4 is 17.4 Å². The molecule has 3 rings (SSSR count). The first-order chi connectivity index (χ1) is 12.1. The molecule has 0 aliphatic heterocycles. The Balaban J connectivity index is 1.82. The summed E-state index contributed by atoms with van der Waals surface area (Å²) in [6.45, 7) is -0.0693. The number of halogens is 1. The largest absolute Gasteiger partial charge is 0.497 e. The van der Waals surface area contributed by atoms with E-state index in [0.29, 0.717) is 33.5 Å². The number of hydrogen-bond acceptors (Lipinski definition) is 6. The lowest BCUT2D eigenvalue weighted by Gasteiger charge is -2.09. The number of methoxy groups -OCH3 is 2. The summed E-state index contributed by atoms with van der Waals surface area (Å²) in [5.41, 5.74) is 1.07. The Labute approximate surface area is 149 Å². The number of benzene rings is 2. The van der Waals surface area contributed by atoms with Crippen LogP contribution >= 0.6 is 11.6 Å². The highest BCUT2D eigenvalue weighted by atomic mass is 35.5. The van der Waals surface area contributed by atoms with Crippen LogP contribution in [0.15, 0.2) is 42.5 Å². The van der Waals surface area contributed by atoms with Gasteiger partial charge >= 0.3 is 0 Å². The molecule has 0 aliphatic carbocycles. The summed E-state index contributed by atoms with van der Waals surface area (Å²) in [4.78, 5) is 13.8. The zero-order valence-corrected chi connectivity index (χ0v) is 14.4. The van der Waals surface area contributed by atoms with E-state index in [1.165, 1.54) is 11.9 Å². The second-order valence-corrected chi connectivity index (χ2v) is 5.52.